The average molecular weight is 254 g/mol. The summed E-state index contributed by atoms with van der Waals surface area (Å²) in [6.07, 6.45) is 5.46. The number of ketones is 1. The number of thioether (sulfide) groups is 1. The van der Waals surface area contributed by atoms with Gasteiger partial charge in [0.25, 0.3) is 0 Å². The van der Waals surface area contributed by atoms with Crippen LogP contribution in [0.3, 0.4) is 0 Å². The molecule has 2 aromatic rings. The van der Waals surface area contributed by atoms with Gasteiger partial charge in [-0.15, -0.1) is 11.8 Å². The molecule has 0 heterocycles. The van der Waals surface area contributed by atoms with E-state index in [4.69, 9.17) is 0 Å². The van der Waals surface area contributed by atoms with Gasteiger partial charge in [-0.2, -0.15) is 0 Å². The van der Waals surface area contributed by atoms with Crippen LogP contribution in [0.1, 0.15) is 15.9 Å². The Morgan fingerprint density at radius 2 is 1.67 bits per heavy atom. The van der Waals surface area contributed by atoms with Gasteiger partial charge in [0.1, 0.15) is 0 Å². The quantitative estimate of drug-likeness (QED) is 0.459. The highest BCUT2D eigenvalue weighted by atomic mass is 32.2. The molecule has 2 aromatic carbocycles. The zero-order chi connectivity index (χ0) is 12.8. The number of hydrogen-bond acceptors (Lipinski definition) is 2. The monoisotopic (exact) mass is 254 g/mol. The molecule has 0 aliphatic carbocycles. The Morgan fingerprint density at radius 1 is 1.00 bits per heavy atom. The Balaban J connectivity index is 2.20. The summed E-state index contributed by atoms with van der Waals surface area (Å²) in [6, 6.07) is 17.5. The summed E-state index contributed by atoms with van der Waals surface area (Å²) in [4.78, 5) is 13.1. The van der Waals surface area contributed by atoms with Crippen molar-refractivity contribution in [3.05, 3.63) is 71.8 Å². The molecule has 0 spiro atoms. The fourth-order valence-corrected chi connectivity index (χ4v) is 2.28. The normalized spacial score (nSPS) is 10.7. The third-order valence-corrected chi connectivity index (χ3v) is 3.39. The zero-order valence-corrected chi connectivity index (χ0v) is 11.0. The van der Waals surface area contributed by atoms with Crippen molar-refractivity contribution in [3.8, 4) is 0 Å². The third kappa shape index (κ3) is 3.11. The van der Waals surface area contributed by atoms with Gasteiger partial charge in [0, 0.05) is 10.5 Å². The van der Waals surface area contributed by atoms with Crippen molar-refractivity contribution < 1.29 is 4.79 Å². The molecule has 0 aliphatic heterocycles. The van der Waals surface area contributed by atoms with E-state index in [0.29, 0.717) is 0 Å². The molecular formula is C16H14OS. The van der Waals surface area contributed by atoms with Crippen molar-refractivity contribution in [2.24, 2.45) is 0 Å². The molecule has 2 rings (SSSR count). The number of hydrogen-bond donors (Lipinski definition) is 0. The molecule has 0 amide bonds. The molecule has 0 atom stereocenters. The number of rotatable bonds is 4. The topological polar surface area (TPSA) is 17.1 Å². The largest absolute Gasteiger partial charge is 0.289 e. The van der Waals surface area contributed by atoms with Crippen molar-refractivity contribution in [2.45, 2.75) is 4.90 Å². The molecule has 0 radical (unpaired) electrons. The molecular weight excluding hydrogens is 240 g/mol. The number of carbonyl (C=O) groups is 1. The highest BCUT2D eigenvalue weighted by Gasteiger charge is 2.06. The van der Waals surface area contributed by atoms with E-state index in [2.05, 4.69) is 0 Å². The van der Waals surface area contributed by atoms with Crippen LogP contribution in [0.4, 0.5) is 0 Å². The van der Waals surface area contributed by atoms with E-state index in [9.17, 15) is 4.79 Å². The molecule has 18 heavy (non-hydrogen) atoms. The van der Waals surface area contributed by atoms with Crippen LogP contribution in [0, 0.1) is 0 Å². The van der Waals surface area contributed by atoms with Crippen molar-refractivity contribution in [1.29, 1.82) is 0 Å². The van der Waals surface area contributed by atoms with Crippen molar-refractivity contribution in [1.82, 2.24) is 0 Å². The van der Waals surface area contributed by atoms with Crippen LogP contribution in [-0.4, -0.2) is 12.0 Å². The Labute approximate surface area is 112 Å². The van der Waals surface area contributed by atoms with Gasteiger partial charge in [-0.25, -0.2) is 0 Å². The first kappa shape index (κ1) is 12.7. The van der Waals surface area contributed by atoms with E-state index < -0.39 is 0 Å². The van der Waals surface area contributed by atoms with Gasteiger partial charge < -0.3 is 0 Å². The minimum Gasteiger partial charge on any atom is -0.289 e. The zero-order valence-electron chi connectivity index (χ0n) is 10.2. The fourth-order valence-electron chi connectivity index (χ4n) is 1.67. The second-order valence-corrected chi connectivity index (χ2v) is 4.66. The second-order valence-electron chi connectivity index (χ2n) is 3.81. The summed E-state index contributed by atoms with van der Waals surface area (Å²) in [5.41, 5.74) is 1.80. The molecule has 0 saturated carbocycles. The van der Waals surface area contributed by atoms with E-state index in [-0.39, 0.29) is 5.78 Å². The lowest BCUT2D eigenvalue weighted by molar-refractivity contribution is 0.104. The maximum Gasteiger partial charge on any atom is 0.186 e. The van der Waals surface area contributed by atoms with Crippen LogP contribution in [0.25, 0.3) is 6.08 Å². The summed E-state index contributed by atoms with van der Waals surface area (Å²) in [6.45, 7) is 0. The Morgan fingerprint density at radius 3 is 2.39 bits per heavy atom. The fraction of sp³-hybridized carbons (Fsp3) is 0.0625. The summed E-state index contributed by atoms with van der Waals surface area (Å²) < 4.78 is 0. The maximum absolute atomic E-state index is 12.1. The second kappa shape index (κ2) is 6.22. The minimum absolute atomic E-state index is 0.0452. The molecule has 0 saturated heterocycles. The average Bonchev–Trinajstić information content (AvgIpc) is 2.45. The lowest BCUT2D eigenvalue weighted by Crippen LogP contribution is -1.96. The standard InChI is InChI=1S/C16H14OS/c1-18-16-10-6-5-9-14(16)15(17)12-11-13-7-3-2-4-8-13/h2-12H,1H3. The maximum atomic E-state index is 12.1. The predicted molar refractivity (Wildman–Crippen MR) is 78.0 cm³/mol. The smallest absolute Gasteiger partial charge is 0.186 e. The van der Waals surface area contributed by atoms with Crippen LogP contribution in [0.15, 0.2) is 65.6 Å². The van der Waals surface area contributed by atoms with Crippen molar-refractivity contribution >= 4 is 23.6 Å². The van der Waals surface area contributed by atoms with E-state index in [1.165, 1.54) is 0 Å². The van der Waals surface area contributed by atoms with E-state index in [1.54, 1.807) is 17.8 Å². The molecule has 0 bridgehead atoms. The first-order valence-electron chi connectivity index (χ1n) is 5.72. The van der Waals surface area contributed by atoms with Gasteiger partial charge in [-0.3, -0.25) is 4.79 Å². The van der Waals surface area contributed by atoms with Crippen LogP contribution in [0.5, 0.6) is 0 Å². The molecule has 0 N–H and O–H groups in total. The first-order chi connectivity index (χ1) is 8.81. The molecule has 0 aromatic heterocycles. The van der Waals surface area contributed by atoms with Crippen molar-refractivity contribution in [2.75, 3.05) is 6.26 Å². The highest BCUT2D eigenvalue weighted by Crippen LogP contribution is 2.20. The lowest BCUT2D eigenvalue weighted by Gasteiger charge is -2.02. The van der Waals surface area contributed by atoms with Gasteiger partial charge in [0.15, 0.2) is 5.78 Å². The molecule has 2 heteroatoms. The van der Waals surface area contributed by atoms with E-state index in [0.717, 1.165) is 16.0 Å². The third-order valence-electron chi connectivity index (χ3n) is 2.60. The molecule has 0 unspecified atom stereocenters. The van der Waals surface area contributed by atoms with Gasteiger partial charge in [0.2, 0.25) is 0 Å². The minimum atomic E-state index is 0.0452. The van der Waals surface area contributed by atoms with Crippen LogP contribution >= 0.6 is 11.8 Å². The first-order valence-corrected chi connectivity index (χ1v) is 6.94. The molecule has 90 valence electrons. The summed E-state index contributed by atoms with van der Waals surface area (Å²) in [5, 5.41) is 0. The Bertz CT molecular complexity index is 558. The highest BCUT2D eigenvalue weighted by molar-refractivity contribution is 7.98. The molecule has 1 nitrogen and oxygen atoms in total. The summed E-state index contributed by atoms with van der Waals surface area (Å²) in [5.74, 6) is 0.0452. The van der Waals surface area contributed by atoms with Gasteiger partial charge >= 0.3 is 0 Å². The van der Waals surface area contributed by atoms with Gasteiger partial charge in [-0.1, -0.05) is 48.5 Å². The predicted octanol–water partition coefficient (Wildman–Crippen LogP) is 4.30. The molecule has 0 aliphatic rings. The van der Waals surface area contributed by atoms with Crippen LogP contribution in [0.2, 0.25) is 0 Å². The van der Waals surface area contributed by atoms with E-state index in [1.807, 2.05) is 66.9 Å². The number of benzene rings is 2. The van der Waals surface area contributed by atoms with Crippen LogP contribution < -0.4 is 0 Å². The van der Waals surface area contributed by atoms with E-state index >= 15 is 0 Å². The molecule has 0 fully saturated rings. The summed E-state index contributed by atoms with van der Waals surface area (Å²) in [7, 11) is 0. The Kier molecular flexibility index (Phi) is 4.37. The number of carbonyl (C=O) groups excluding carboxylic acids is 1. The summed E-state index contributed by atoms with van der Waals surface area (Å²) >= 11 is 1.59. The lowest BCUT2D eigenvalue weighted by atomic mass is 10.1. The van der Waals surface area contributed by atoms with Gasteiger partial charge in [0.05, 0.1) is 0 Å². The Hall–Kier alpha value is -1.80. The van der Waals surface area contributed by atoms with Crippen molar-refractivity contribution in [3.63, 3.8) is 0 Å². The SMILES string of the molecule is CSc1ccccc1C(=O)C=Cc1ccccc1. The number of allylic oxidation sites excluding steroid dienone is 1. The van der Waals surface area contributed by atoms with Crippen LogP contribution in [-0.2, 0) is 0 Å². The van der Waals surface area contributed by atoms with Gasteiger partial charge in [-0.05, 0) is 30.0 Å².